The molecule has 0 N–H and O–H groups in total. The molecule has 0 aromatic heterocycles. The fraction of sp³-hybridized carbons (Fsp3) is 0.476. The summed E-state index contributed by atoms with van der Waals surface area (Å²) >= 11 is 0. The molecule has 8 nitrogen and oxygen atoms in total. The molecule has 2 aliphatic heterocycles. The van der Waals surface area contributed by atoms with Crippen molar-refractivity contribution in [2.75, 3.05) is 6.61 Å². The van der Waals surface area contributed by atoms with Crippen molar-refractivity contribution in [3.8, 4) is 0 Å². The molecule has 8 heteroatoms. The van der Waals surface area contributed by atoms with Crippen LogP contribution in [0.15, 0.2) is 30.0 Å². The van der Waals surface area contributed by atoms with Gasteiger partial charge in [-0.25, -0.2) is 0 Å². The average Bonchev–Trinajstić information content (AvgIpc) is 3.16. The van der Waals surface area contributed by atoms with Crippen LogP contribution in [-0.4, -0.2) is 55.0 Å². The fourth-order valence-electron chi connectivity index (χ4n) is 3.37. The Balaban J connectivity index is 1.94. The first-order valence-corrected chi connectivity index (χ1v) is 9.28. The average molecular weight is 404 g/mol. The summed E-state index contributed by atoms with van der Waals surface area (Å²) in [4.78, 5) is 34.3. The number of hydrogen-bond donors (Lipinski definition) is 0. The van der Waals surface area contributed by atoms with Gasteiger partial charge < -0.3 is 23.7 Å². The molecule has 156 valence electrons. The largest absolute Gasteiger partial charge is 0.484 e. The molecule has 0 saturated carbocycles. The van der Waals surface area contributed by atoms with Gasteiger partial charge in [-0.3, -0.25) is 14.4 Å². The zero-order valence-corrected chi connectivity index (χ0v) is 16.7. The Kier molecular flexibility index (Phi) is 6.04. The lowest BCUT2D eigenvalue weighted by molar-refractivity contribution is -0.173. The molecule has 1 aromatic rings. The maximum Gasteiger partial charge on any atom is 0.303 e. The highest BCUT2D eigenvalue weighted by atomic mass is 16.8. The highest BCUT2D eigenvalue weighted by Gasteiger charge is 2.53. The Morgan fingerprint density at radius 2 is 1.69 bits per heavy atom. The molecular weight excluding hydrogens is 380 g/mol. The van der Waals surface area contributed by atoms with E-state index in [1.165, 1.54) is 13.8 Å². The summed E-state index contributed by atoms with van der Waals surface area (Å²) in [6, 6.07) is 6.79. The number of hydrogen-bond acceptors (Lipinski definition) is 8. The normalized spacial score (nSPS) is 29.3. The van der Waals surface area contributed by atoms with Crippen LogP contribution in [0.3, 0.4) is 0 Å². The summed E-state index contributed by atoms with van der Waals surface area (Å²) in [6.45, 7) is 6.34. The molecule has 0 spiro atoms. The predicted octanol–water partition coefficient (Wildman–Crippen LogP) is 2.25. The summed E-state index contributed by atoms with van der Waals surface area (Å²) in [5.74, 6) is -1.55. The number of carbonyl (C=O) groups excluding carboxylic acids is 3. The summed E-state index contributed by atoms with van der Waals surface area (Å²) in [6.07, 6.45) is -0.629. The molecule has 0 unspecified atom stereocenters. The van der Waals surface area contributed by atoms with E-state index in [0.29, 0.717) is 11.3 Å². The van der Waals surface area contributed by atoms with Crippen LogP contribution in [0.25, 0.3) is 6.08 Å². The SMILES string of the molecule is CC(=O)O[C@H]1[C@@H]([C@H]2COC(C)(C)O2)O/C(=C\c2ccc(C=O)cc2)[C@@H]1OC(C)=O. The molecule has 0 aliphatic carbocycles. The van der Waals surface area contributed by atoms with E-state index in [1.54, 1.807) is 44.2 Å². The van der Waals surface area contributed by atoms with Gasteiger partial charge in [0.1, 0.15) is 18.1 Å². The highest BCUT2D eigenvalue weighted by molar-refractivity contribution is 5.75. The monoisotopic (exact) mass is 404 g/mol. The Hall–Kier alpha value is -2.71. The first kappa shape index (κ1) is 21.0. The van der Waals surface area contributed by atoms with Crippen molar-refractivity contribution in [3.05, 3.63) is 41.2 Å². The van der Waals surface area contributed by atoms with E-state index >= 15 is 0 Å². The summed E-state index contributed by atoms with van der Waals surface area (Å²) < 4.78 is 28.4. The quantitative estimate of drug-likeness (QED) is 0.545. The Morgan fingerprint density at radius 3 is 2.21 bits per heavy atom. The molecule has 2 fully saturated rings. The topological polar surface area (TPSA) is 97.4 Å². The number of esters is 2. The predicted molar refractivity (Wildman–Crippen MR) is 101 cm³/mol. The number of rotatable bonds is 5. The van der Waals surface area contributed by atoms with Crippen LogP contribution in [-0.2, 0) is 33.3 Å². The van der Waals surface area contributed by atoms with Gasteiger partial charge in [0, 0.05) is 19.4 Å². The third-order valence-electron chi connectivity index (χ3n) is 4.55. The third-order valence-corrected chi connectivity index (χ3v) is 4.55. The van der Waals surface area contributed by atoms with Crippen molar-refractivity contribution in [1.82, 2.24) is 0 Å². The van der Waals surface area contributed by atoms with Crippen LogP contribution < -0.4 is 0 Å². The Labute approximate surface area is 168 Å². The molecule has 3 rings (SSSR count). The Morgan fingerprint density at radius 1 is 1.07 bits per heavy atom. The summed E-state index contributed by atoms with van der Waals surface area (Å²) in [5.41, 5.74) is 1.26. The molecule has 4 atom stereocenters. The number of benzene rings is 1. The minimum Gasteiger partial charge on any atom is -0.484 e. The lowest BCUT2D eigenvalue weighted by Gasteiger charge is -2.25. The third kappa shape index (κ3) is 5.02. The van der Waals surface area contributed by atoms with Crippen molar-refractivity contribution in [3.63, 3.8) is 0 Å². The zero-order valence-electron chi connectivity index (χ0n) is 16.7. The second kappa shape index (κ2) is 8.34. The number of ether oxygens (including phenoxy) is 5. The van der Waals surface area contributed by atoms with Crippen molar-refractivity contribution >= 4 is 24.3 Å². The van der Waals surface area contributed by atoms with Gasteiger partial charge in [0.05, 0.1) is 6.61 Å². The van der Waals surface area contributed by atoms with E-state index in [-0.39, 0.29) is 6.61 Å². The molecule has 2 heterocycles. The molecular formula is C21H24O8. The van der Waals surface area contributed by atoms with Crippen molar-refractivity contribution in [1.29, 1.82) is 0 Å². The highest BCUT2D eigenvalue weighted by Crippen LogP contribution is 2.37. The second-order valence-corrected chi connectivity index (χ2v) is 7.38. The summed E-state index contributed by atoms with van der Waals surface area (Å²) in [5, 5.41) is 0. The van der Waals surface area contributed by atoms with E-state index in [4.69, 9.17) is 23.7 Å². The van der Waals surface area contributed by atoms with Crippen LogP contribution in [0.5, 0.6) is 0 Å². The first-order valence-electron chi connectivity index (χ1n) is 9.28. The van der Waals surface area contributed by atoms with Gasteiger partial charge in [0.2, 0.25) is 0 Å². The van der Waals surface area contributed by atoms with Crippen LogP contribution in [0.4, 0.5) is 0 Å². The van der Waals surface area contributed by atoms with Gasteiger partial charge in [-0.05, 0) is 25.5 Å². The first-order chi connectivity index (χ1) is 13.7. The molecule has 0 bridgehead atoms. The van der Waals surface area contributed by atoms with E-state index in [1.807, 2.05) is 0 Å². The van der Waals surface area contributed by atoms with Crippen molar-refractivity contribution in [2.45, 2.75) is 57.9 Å². The number of carbonyl (C=O) groups is 3. The van der Waals surface area contributed by atoms with Crippen LogP contribution in [0.2, 0.25) is 0 Å². The van der Waals surface area contributed by atoms with Gasteiger partial charge in [0.25, 0.3) is 0 Å². The molecule has 1 aromatic carbocycles. The van der Waals surface area contributed by atoms with Crippen LogP contribution in [0, 0.1) is 0 Å². The minimum atomic E-state index is -0.931. The molecule has 2 saturated heterocycles. The van der Waals surface area contributed by atoms with E-state index in [0.717, 1.165) is 11.8 Å². The van der Waals surface area contributed by atoms with Gasteiger partial charge in [-0.1, -0.05) is 24.3 Å². The lowest BCUT2D eigenvalue weighted by atomic mass is 10.0. The van der Waals surface area contributed by atoms with Crippen molar-refractivity contribution < 1.29 is 38.1 Å². The van der Waals surface area contributed by atoms with Gasteiger partial charge in [0.15, 0.2) is 24.1 Å². The smallest absolute Gasteiger partial charge is 0.303 e. The van der Waals surface area contributed by atoms with E-state index in [9.17, 15) is 14.4 Å². The minimum absolute atomic E-state index is 0.240. The second-order valence-electron chi connectivity index (χ2n) is 7.38. The van der Waals surface area contributed by atoms with Crippen LogP contribution >= 0.6 is 0 Å². The standard InChI is InChI=1S/C21H24O8/c1-12(23)26-18-16(9-14-5-7-15(10-22)8-6-14)28-19(20(18)27-13(2)24)17-11-25-21(3,4)29-17/h5-10,17-20H,11H2,1-4H3/b16-9-/t17-,18+,19-,20-/m1/s1. The van der Waals surface area contributed by atoms with Crippen LogP contribution in [0.1, 0.15) is 43.6 Å². The fourth-order valence-corrected chi connectivity index (χ4v) is 3.37. The maximum atomic E-state index is 11.7. The zero-order chi connectivity index (χ0) is 21.2. The molecule has 2 aliphatic rings. The number of aldehydes is 1. The van der Waals surface area contributed by atoms with Gasteiger partial charge in [-0.15, -0.1) is 0 Å². The summed E-state index contributed by atoms with van der Waals surface area (Å²) in [7, 11) is 0. The Bertz CT molecular complexity index is 810. The lowest BCUT2D eigenvalue weighted by Crippen LogP contribution is -2.44. The van der Waals surface area contributed by atoms with Gasteiger partial charge in [-0.2, -0.15) is 0 Å². The molecule has 0 radical (unpaired) electrons. The van der Waals surface area contributed by atoms with E-state index < -0.39 is 42.1 Å². The maximum absolute atomic E-state index is 11.7. The van der Waals surface area contributed by atoms with Gasteiger partial charge >= 0.3 is 11.9 Å². The molecule has 29 heavy (non-hydrogen) atoms. The van der Waals surface area contributed by atoms with Crippen molar-refractivity contribution in [2.24, 2.45) is 0 Å². The molecule has 0 amide bonds. The van der Waals surface area contributed by atoms with E-state index in [2.05, 4.69) is 0 Å².